The maximum Gasteiger partial charge on any atom is 0.317 e. The van der Waals surface area contributed by atoms with Crippen molar-refractivity contribution in [2.45, 2.75) is 18.5 Å². The Hall–Kier alpha value is -1.82. The summed E-state index contributed by atoms with van der Waals surface area (Å²) in [6, 6.07) is 2.00. The van der Waals surface area contributed by atoms with E-state index in [0.29, 0.717) is 12.8 Å². The van der Waals surface area contributed by atoms with Crippen LogP contribution in [0.3, 0.4) is 0 Å². The molecule has 3 rings (SSSR count). The van der Waals surface area contributed by atoms with Crippen LogP contribution >= 0.6 is 0 Å². The molecule has 2 aromatic rings. The van der Waals surface area contributed by atoms with Crippen molar-refractivity contribution in [3.05, 3.63) is 24.7 Å². The number of alkyl halides is 1. The first-order valence-corrected chi connectivity index (χ1v) is 6.72. The molecule has 0 aromatic carbocycles. The third-order valence-corrected chi connectivity index (χ3v) is 3.70. The largest absolute Gasteiger partial charge is 0.460 e. The van der Waals surface area contributed by atoms with E-state index in [1.807, 2.05) is 7.05 Å². The molecule has 106 valence electrons. The lowest BCUT2D eigenvalue weighted by atomic mass is 9.95. The molecule has 0 unspecified atom stereocenters. The van der Waals surface area contributed by atoms with Crippen LogP contribution in [-0.4, -0.2) is 52.3 Å². The predicted octanol–water partition coefficient (Wildman–Crippen LogP) is 1.84. The van der Waals surface area contributed by atoms with Gasteiger partial charge < -0.3 is 9.64 Å². The van der Waals surface area contributed by atoms with E-state index < -0.39 is 5.67 Å². The average Bonchev–Trinajstić information content (AvgIpc) is 2.48. The Bertz CT molecular complexity index is 598. The highest BCUT2D eigenvalue weighted by atomic mass is 19.1. The van der Waals surface area contributed by atoms with E-state index in [1.165, 1.54) is 0 Å². The van der Waals surface area contributed by atoms with Crippen molar-refractivity contribution in [3.63, 3.8) is 0 Å². The highest BCUT2D eigenvalue weighted by Crippen LogP contribution is 2.26. The third kappa shape index (κ3) is 2.85. The van der Waals surface area contributed by atoms with E-state index >= 15 is 0 Å². The van der Waals surface area contributed by atoms with Gasteiger partial charge in [-0.15, -0.1) is 0 Å². The minimum Gasteiger partial charge on any atom is -0.460 e. The highest BCUT2D eigenvalue weighted by Gasteiger charge is 2.34. The predicted molar refractivity (Wildman–Crippen MR) is 73.4 cm³/mol. The molecule has 0 radical (unpaired) electrons. The van der Waals surface area contributed by atoms with Gasteiger partial charge in [-0.3, -0.25) is 4.98 Å². The van der Waals surface area contributed by atoms with Crippen LogP contribution in [0.25, 0.3) is 10.9 Å². The second-order valence-corrected chi connectivity index (χ2v) is 5.33. The van der Waals surface area contributed by atoms with Gasteiger partial charge in [-0.25, -0.2) is 9.37 Å². The molecule has 1 aliphatic rings. The molecular weight excluding hydrogens is 259 g/mol. The summed E-state index contributed by atoms with van der Waals surface area (Å²) in [6.45, 7) is 1.52. The van der Waals surface area contributed by atoms with Gasteiger partial charge in [-0.05, 0) is 26.0 Å². The fourth-order valence-corrected chi connectivity index (χ4v) is 2.28. The average molecular weight is 276 g/mol. The van der Waals surface area contributed by atoms with Crippen molar-refractivity contribution in [1.82, 2.24) is 19.9 Å². The Morgan fingerprint density at radius 3 is 2.95 bits per heavy atom. The van der Waals surface area contributed by atoms with Gasteiger partial charge in [0.2, 0.25) is 0 Å². The monoisotopic (exact) mass is 276 g/mol. The summed E-state index contributed by atoms with van der Waals surface area (Å²) in [4.78, 5) is 14.5. The van der Waals surface area contributed by atoms with Gasteiger partial charge in [0.1, 0.15) is 12.3 Å². The zero-order chi connectivity index (χ0) is 14.0. The number of halogens is 1. The fraction of sp³-hybridized carbons (Fsp3) is 0.500. The molecule has 1 aliphatic heterocycles. The van der Waals surface area contributed by atoms with Gasteiger partial charge in [0, 0.05) is 37.1 Å². The van der Waals surface area contributed by atoms with Gasteiger partial charge in [0.25, 0.3) is 0 Å². The first kappa shape index (κ1) is 13.2. The van der Waals surface area contributed by atoms with Crippen LogP contribution in [0.1, 0.15) is 12.8 Å². The van der Waals surface area contributed by atoms with E-state index in [9.17, 15) is 4.39 Å². The van der Waals surface area contributed by atoms with Crippen LogP contribution in [0.2, 0.25) is 0 Å². The number of likely N-dealkylation sites (tertiary alicyclic amines) is 1. The maximum absolute atomic E-state index is 14.5. The zero-order valence-electron chi connectivity index (χ0n) is 11.4. The minimum absolute atomic E-state index is 0.0113. The summed E-state index contributed by atoms with van der Waals surface area (Å²) in [5, 5.41) is 0.842. The van der Waals surface area contributed by atoms with Crippen LogP contribution in [0.5, 0.6) is 6.01 Å². The van der Waals surface area contributed by atoms with Crippen molar-refractivity contribution >= 4 is 10.9 Å². The molecule has 0 bridgehead atoms. The van der Waals surface area contributed by atoms with Gasteiger partial charge in [0.05, 0.1) is 5.52 Å². The molecule has 0 saturated carbocycles. The highest BCUT2D eigenvalue weighted by molar-refractivity contribution is 5.76. The lowest BCUT2D eigenvalue weighted by molar-refractivity contribution is 0.0215. The number of fused-ring (bicyclic) bond motifs is 1. The molecule has 20 heavy (non-hydrogen) atoms. The van der Waals surface area contributed by atoms with Crippen molar-refractivity contribution < 1.29 is 9.13 Å². The van der Waals surface area contributed by atoms with E-state index in [0.717, 1.165) is 24.0 Å². The van der Waals surface area contributed by atoms with E-state index in [-0.39, 0.29) is 12.6 Å². The smallest absolute Gasteiger partial charge is 0.317 e. The third-order valence-electron chi connectivity index (χ3n) is 3.70. The standard InChI is InChI=1S/C14H17FN4O/c1-19-6-3-14(15,4-7-19)10-20-13-17-9-11-8-16-5-2-12(11)18-13/h2,5,8-9H,3-4,6-7,10H2,1H3. The minimum atomic E-state index is -1.27. The summed E-state index contributed by atoms with van der Waals surface area (Å²) in [7, 11) is 2.00. The summed E-state index contributed by atoms with van der Waals surface area (Å²) < 4.78 is 20.0. The molecule has 3 heterocycles. The van der Waals surface area contributed by atoms with Crippen LogP contribution in [-0.2, 0) is 0 Å². The Balaban J connectivity index is 1.67. The molecular formula is C14H17FN4O. The molecule has 6 heteroatoms. The van der Waals surface area contributed by atoms with Crippen molar-refractivity contribution in [2.75, 3.05) is 26.7 Å². The number of nitrogens with zero attached hydrogens (tertiary/aromatic N) is 4. The van der Waals surface area contributed by atoms with Crippen LogP contribution < -0.4 is 4.74 Å². The Morgan fingerprint density at radius 2 is 2.15 bits per heavy atom. The fourth-order valence-electron chi connectivity index (χ4n) is 2.28. The Kier molecular flexibility index (Phi) is 3.48. The molecule has 1 saturated heterocycles. The van der Waals surface area contributed by atoms with Crippen molar-refractivity contribution in [3.8, 4) is 6.01 Å². The van der Waals surface area contributed by atoms with Gasteiger partial charge in [-0.2, -0.15) is 4.98 Å². The van der Waals surface area contributed by atoms with E-state index in [2.05, 4.69) is 19.9 Å². The normalized spacial score (nSPS) is 19.1. The second kappa shape index (κ2) is 5.28. The molecule has 0 amide bonds. The number of ether oxygens (including phenoxy) is 1. The van der Waals surface area contributed by atoms with Crippen LogP contribution in [0.15, 0.2) is 24.7 Å². The van der Waals surface area contributed by atoms with Crippen LogP contribution in [0, 0.1) is 0 Å². The van der Waals surface area contributed by atoms with E-state index in [1.54, 1.807) is 24.7 Å². The number of aromatic nitrogens is 3. The number of piperidine rings is 1. The first-order chi connectivity index (χ1) is 9.65. The first-order valence-electron chi connectivity index (χ1n) is 6.72. The summed E-state index contributed by atoms with van der Waals surface area (Å²) in [5.74, 6) is 0. The topological polar surface area (TPSA) is 51.1 Å². The number of hydrogen-bond donors (Lipinski definition) is 0. The molecule has 0 N–H and O–H groups in total. The van der Waals surface area contributed by atoms with Crippen LogP contribution in [0.4, 0.5) is 4.39 Å². The SMILES string of the molecule is CN1CCC(F)(COc2ncc3cnccc3n2)CC1. The number of pyridine rings is 1. The molecule has 0 atom stereocenters. The summed E-state index contributed by atoms with van der Waals surface area (Å²) >= 11 is 0. The quantitative estimate of drug-likeness (QED) is 0.856. The van der Waals surface area contributed by atoms with Gasteiger partial charge in [0.15, 0.2) is 0 Å². The van der Waals surface area contributed by atoms with Gasteiger partial charge >= 0.3 is 6.01 Å². The number of rotatable bonds is 3. The summed E-state index contributed by atoms with van der Waals surface area (Å²) in [6.07, 6.45) is 5.96. The van der Waals surface area contributed by atoms with Crippen molar-refractivity contribution in [2.24, 2.45) is 0 Å². The zero-order valence-corrected chi connectivity index (χ0v) is 11.4. The molecule has 0 spiro atoms. The lowest BCUT2D eigenvalue weighted by Gasteiger charge is -2.33. The Morgan fingerprint density at radius 1 is 1.35 bits per heavy atom. The molecule has 1 fully saturated rings. The second-order valence-electron chi connectivity index (χ2n) is 5.33. The van der Waals surface area contributed by atoms with E-state index in [4.69, 9.17) is 4.74 Å². The Labute approximate surface area is 116 Å². The lowest BCUT2D eigenvalue weighted by Crippen LogP contribution is -2.43. The summed E-state index contributed by atoms with van der Waals surface area (Å²) in [5.41, 5.74) is -0.524. The van der Waals surface area contributed by atoms with Crippen molar-refractivity contribution in [1.29, 1.82) is 0 Å². The van der Waals surface area contributed by atoms with Gasteiger partial charge in [-0.1, -0.05) is 0 Å². The maximum atomic E-state index is 14.5. The molecule has 0 aliphatic carbocycles. The molecule has 5 nitrogen and oxygen atoms in total. The number of hydrogen-bond acceptors (Lipinski definition) is 5. The molecule has 2 aromatic heterocycles.